The Bertz CT molecular complexity index is 1190. The number of benzene rings is 1. The Hall–Kier alpha value is -3.35. The molecule has 38 heavy (non-hydrogen) atoms. The molecule has 9 nitrogen and oxygen atoms in total. The van der Waals surface area contributed by atoms with Crippen molar-refractivity contribution in [2.75, 3.05) is 22.7 Å². The summed E-state index contributed by atoms with van der Waals surface area (Å²) in [6, 6.07) is 7.98. The zero-order valence-corrected chi connectivity index (χ0v) is 22.9. The number of aromatic carboxylic acids is 1. The number of carbonyl (C=O) groups is 2. The Morgan fingerprint density at radius 1 is 0.974 bits per heavy atom. The van der Waals surface area contributed by atoms with Crippen molar-refractivity contribution in [3.8, 4) is 0 Å². The van der Waals surface area contributed by atoms with Crippen molar-refractivity contribution < 1.29 is 41.4 Å². The normalized spacial score (nSPS) is 11.8. The van der Waals surface area contributed by atoms with Crippen LogP contribution in [0.1, 0.15) is 63.4 Å². The van der Waals surface area contributed by atoms with Crippen molar-refractivity contribution in [1.82, 2.24) is 4.98 Å². The number of rotatable bonds is 10. The van der Waals surface area contributed by atoms with Gasteiger partial charge in [0, 0.05) is 13.1 Å². The van der Waals surface area contributed by atoms with Gasteiger partial charge in [-0.2, -0.15) is 13.2 Å². The van der Waals surface area contributed by atoms with E-state index in [2.05, 4.69) is 37.4 Å². The van der Waals surface area contributed by atoms with E-state index < -0.39 is 28.1 Å². The number of sulfonamides is 1. The Labute approximate surface area is 220 Å². The molecule has 0 saturated heterocycles. The monoisotopic (exact) mass is 561 g/mol. The maximum Gasteiger partial charge on any atom is 0.490 e. The van der Waals surface area contributed by atoms with Gasteiger partial charge in [-0.05, 0) is 41.5 Å². The van der Waals surface area contributed by atoms with Gasteiger partial charge in [0.05, 0.1) is 16.8 Å². The molecule has 212 valence electrons. The number of hydrogen-bond acceptors (Lipinski definition) is 6. The number of aromatic nitrogens is 1. The Kier molecular flexibility index (Phi) is 11.6. The van der Waals surface area contributed by atoms with Gasteiger partial charge in [0.25, 0.3) is 10.0 Å². The third kappa shape index (κ3) is 10.2. The van der Waals surface area contributed by atoms with Crippen LogP contribution >= 0.6 is 0 Å². The van der Waals surface area contributed by atoms with E-state index in [4.69, 9.17) is 9.90 Å². The van der Waals surface area contributed by atoms with Gasteiger partial charge in [-0.15, -0.1) is 0 Å². The zero-order chi connectivity index (χ0) is 29.4. The van der Waals surface area contributed by atoms with Crippen LogP contribution in [0.2, 0.25) is 0 Å². The van der Waals surface area contributed by atoms with E-state index in [-0.39, 0.29) is 16.1 Å². The van der Waals surface area contributed by atoms with Gasteiger partial charge in [0.2, 0.25) is 0 Å². The number of halogens is 3. The lowest BCUT2D eigenvalue weighted by atomic mass is 10.0. The fourth-order valence-electron chi connectivity index (χ4n) is 3.30. The molecule has 0 fully saturated rings. The first-order valence-corrected chi connectivity index (χ1v) is 13.2. The highest BCUT2D eigenvalue weighted by molar-refractivity contribution is 7.92. The van der Waals surface area contributed by atoms with Crippen LogP contribution in [0.25, 0.3) is 0 Å². The molecule has 0 aliphatic rings. The van der Waals surface area contributed by atoms with E-state index in [0.717, 1.165) is 5.56 Å². The average molecular weight is 562 g/mol. The molecule has 0 saturated carbocycles. The molecular formula is C25H34F3N3O6S. The van der Waals surface area contributed by atoms with Crippen molar-refractivity contribution in [2.45, 2.75) is 58.5 Å². The van der Waals surface area contributed by atoms with E-state index in [1.165, 1.54) is 12.3 Å². The van der Waals surface area contributed by atoms with E-state index in [9.17, 15) is 31.5 Å². The lowest BCUT2D eigenvalue weighted by molar-refractivity contribution is -0.192. The van der Waals surface area contributed by atoms with Crippen LogP contribution in [0.15, 0.2) is 41.4 Å². The molecule has 1 aromatic heterocycles. The van der Waals surface area contributed by atoms with E-state index >= 15 is 0 Å². The number of carboxylic acids is 2. The Morgan fingerprint density at radius 3 is 1.82 bits per heavy atom. The van der Waals surface area contributed by atoms with Crippen molar-refractivity contribution in [3.63, 3.8) is 0 Å². The highest BCUT2D eigenvalue weighted by Crippen LogP contribution is 2.26. The van der Waals surface area contributed by atoms with Gasteiger partial charge in [-0.1, -0.05) is 53.7 Å². The minimum atomic E-state index is -5.08. The van der Waals surface area contributed by atoms with E-state index in [1.54, 1.807) is 24.3 Å². The zero-order valence-electron chi connectivity index (χ0n) is 22.1. The molecule has 0 amide bonds. The Balaban J connectivity index is 0.000000905. The van der Waals surface area contributed by atoms with Crippen LogP contribution < -0.4 is 9.62 Å². The van der Waals surface area contributed by atoms with E-state index in [1.807, 2.05) is 18.7 Å². The summed E-state index contributed by atoms with van der Waals surface area (Å²) in [6.45, 7) is 13.6. The van der Waals surface area contributed by atoms with Gasteiger partial charge in [-0.3, -0.25) is 4.72 Å². The first-order valence-electron chi connectivity index (χ1n) is 11.8. The number of aliphatic carboxylic acids is 1. The molecule has 2 rings (SSSR count). The maximum absolute atomic E-state index is 12.8. The SMILES string of the molecule is CC(C)CN(CC(C)C)c1ncc(NS(=O)(=O)c2ccc(C(C)C)cc2)cc1C(=O)O.O=C(O)C(F)(F)F. The lowest BCUT2D eigenvalue weighted by Crippen LogP contribution is -2.33. The third-order valence-corrected chi connectivity index (χ3v) is 6.32. The number of carboxylic acid groups (broad SMARTS) is 2. The van der Waals surface area contributed by atoms with Crippen LogP contribution in [0.3, 0.4) is 0 Å². The molecule has 0 unspecified atom stereocenters. The van der Waals surface area contributed by atoms with Crippen molar-refractivity contribution >= 4 is 33.5 Å². The molecular weight excluding hydrogens is 527 g/mol. The van der Waals surface area contributed by atoms with E-state index in [0.29, 0.717) is 36.7 Å². The summed E-state index contributed by atoms with van der Waals surface area (Å²) in [6.07, 6.45) is -3.71. The smallest absolute Gasteiger partial charge is 0.478 e. The van der Waals surface area contributed by atoms with Crippen LogP contribution in [0, 0.1) is 11.8 Å². The highest BCUT2D eigenvalue weighted by Gasteiger charge is 2.38. The molecule has 0 aliphatic carbocycles. The highest BCUT2D eigenvalue weighted by atomic mass is 32.2. The number of pyridine rings is 1. The summed E-state index contributed by atoms with van der Waals surface area (Å²) >= 11 is 0. The molecule has 13 heteroatoms. The number of alkyl halides is 3. The minimum absolute atomic E-state index is 0.0309. The number of hydrogen-bond donors (Lipinski definition) is 3. The van der Waals surface area contributed by atoms with Crippen LogP contribution in [0.4, 0.5) is 24.7 Å². The van der Waals surface area contributed by atoms with Gasteiger partial charge in [0.1, 0.15) is 11.4 Å². The molecule has 1 aromatic carbocycles. The predicted octanol–water partition coefficient (Wildman–Crippen LogP) is 5.46. The minimum Gasteiger partial charge on any atom is -0.478 e. The number of nitrogens with one attached hydrogen (secondary N) is 1. The molecule has 0 radical (unpaired) electrons. The van der Waals surface area contributed by atoms with Crippen molar-refractivity contribution in [1.29, 1.82) is 0 Å². The first kappa shape index (κ1) is 32.7. The summed E-state index contributed by atoms with van der Waals surface area (Å²) in [5, 5.41) is 16.9. The molecule has 2 aromatic rings. The molecule has 3 N–H and O–H groups in total. The summed E-state index contributed by atoms with van der Waals surface area (Å²) in [5.41, 5.74) is 1.12. The third-order valence-electron chi connectivity index (χ3n) is 4.92. The standard InChI is InChI=1S/C23H33N3O4S.C2HF3O2/c1-15(2)13-26(14-16(3)4)22-21(23(27)28)11-19(12-24-22)25-31(29,30)20-9-7-18(8-10-20)17(5)6;3-2(4,5)1(6)7/h7-12,15-17,25H,13-14H2,1-6H3,(H,27,28);(H,6,7). The number of anilines is 2. The van der Waals surface area contributed by atoms with Gasteiger partial charge in [-0.25, -0.2) is 23.0 Å². The molecule has 0 bridgehead atoms. The largest absolute Gasteiger partial charge is 0.490 e. The topological polar surface area (TPSA) is 137 Å². The van der Waals surface area contributed by atoms with Crippen LogP contribution in [0.5, 0.6) is 0 Å². The van der Waals surface area contributed by atoms with Gasteiger partial charge < -0.3 is 15.1 Å². The van der Waals surface area contributed by atoms with Crippen molar-refractivity contribution in [3.05, 3.63) is 47.7 Å². The van der Waals surface area contributed by atoms with Crippen LogP contribution in [-0.2, 0) is 14.8 Å². The molecule has 1 heterocycles. The fraction of sp³-hybridized carbons (Fsp3) is 0.480. The van der Waals surface area contributed by atoms with Gasteiger partial charge in [0.15, 0.2) is 0 Å². The first-order chi connectivity index (χ1) is 17.3. The quantitative estimate of drug-likeness (QED) is 0.348. The molecule has 0 atom stereocenters. The van der Waals surface area contributed by atoms with Crippen LogP contribution in [-0.4, -0.2) is 54.8 Å². The second kappa shape index (κ2) is 13.4. The lowest BCUT2D eigenvalue weighted by Gasteiger charge is -2.28. The summed E-state index contributed by atoms with van der Waals surface area (Å²) in [7, 11) is -3.87. The Morgan fingerprint density at radius 2 is 1.45 bits per heavy atom. The molecule has 0 aliphatic heterocycles. The maximum atomic E-state index is 12.8. The second-order valence-corrected chi connectivity index (χ2v) is 11.4. The predicted molar refractivity (Wildman–Crippen MR) is 138 cm³/mol. The summed E-state index contributed by atoms with van der Waals surface area (Å²) < 4.78 is 59.7. The average Bonchev–Trinajstić information content (AvgIpc) is 2.77. The molecule has 0 spiro atoms. The fourth-order valence-corrected chi connectivity index (χ4v) is 4.33. The van der Waals surface area contributed by atoms with Gasteiger partial charge >= 0.3 is 18.1 Å². The second-order valence-electron chi connectivity index (χ2n) is 9.73. The van der Waals surface area contributed by atoms with Crippen molar-refractivity contribution in [2.24, 2.45) is 11.8 Å². The summed E-state index contributed by atoms with van der Waals surface area (Å²) in [4.78, 5) is 27.2. The number of nitrogens with zero attached hydrogens (tertiary/aromatic N) is 2. The summed E-state index contributed by atoms with van der Waals surface area (Å²) in [5.74, 6) is -2.64.